The van der Waals surface area contributed by atoms with E-state index >= 15 is 0 Å². The van der Waals surface area contributed by atoms with Crippen LogP contribution in [0.2, 0.25) is 0 Å². The molecule has 2 aromatic heterocycles. The van der Waals surface area contributed by atoms with Crippen LogP contribution in [0.4, 0.5) is 11.4 Å². The van der Waals surface area contributed by atoms with Crippen molar-refractivity contribution in [3.8, 4) is 5.88 Å². The van der Waals surface area contributed by atoms with E-state index in [9.17, 15) is 9.59 Å². The molecule has 0 atom stereocenters. The van der Waals surface area contributed by atoms with Gasteiger partial charge in [-0.3, -0.25) is 4.98 Å². The number of rotatable bonds is 2. The number of fused-ring (bicyclic) bond motifs is 3. The molecule has 0 bridgehead atoms. The molecule has 3 heterocycles. The number of hydrogen-bond donors (Lipinski definition) is 1. The van der Waals surface area contributed by atoms with Gasteiger partial charge in [-0.15, -0.1) is 4.73 Å². The number of anilines is 2. The molecule has 1 aliphatic heterocycles. The van der Waals surface area contributed by atoms with Crippen molar-refractivity contribution in [3.63, 3.8) is 0 Å². The number of nitrogens with one attached hydrogen (secondary N) is 1. The number of pyridine rings is 1. The van der Waals surface area contributed by atoms with E-state index in [0.29, 0.717) is 11.2 Å². The maximum atomic E-state index is 11.9. The monoisotopic (exact) mass is 321 g/mol. The second kappa shape index (κ2) is 5.54. The Morgan fingerprint density at radius 3 is 2.54 bits per heavy atom. The van der Waals surface area contributed by atoms with Gasteiger partial charge in [-0.1, -0.05) is 18.2 Å². The number of carbonyl (C=O) groups excluding carboxylic acids is 2. The molecule has 4 rings (SSSR count). The fourth-order valence-electron chi connectivity index (χ4n) is 2.46. The lowest BCUT2D eigenvalue weighted by Crippen LogP contribution is -2.23. The summed E-state index contributed by atoms with van der Waals surface area (Å²) in [5, 5.41) is 3.93. The van der Waals surface area contributed by atoms with E-state index in [1.165, 1.54) is 4.73 Å². The van der Waals surface area contributed by atoms with Gasteiger partial charge in [-0.2, -0.15) is 0 Å². The van der Waals surface area contributed by atoms with Gasteiger partial charge >= 0.3 is 11.9 Å². The van der Waals surface area contributed by atoms with Gasteiger partial charge in [0.05, 0.1) is 5.52 Å². The van der Waals surface area contributed by atoms with Crippen molar-refractivity contribution >= 4 is 34.2 Å². The Hall–Kier alpha value is -3.61. The van der Waals surface area contributed by atoms with E-state index in [1.54, 1.807) is 36.7 Å². The molecule has 0 unspecified atom stereocenters. The van der Waals surface area contributed by atoms with Gasteiger partial charge in [0.15, 0.2) is 0 Å². The molecule has 118 valence electrons. The first-order valence-electron chi connectivity index (χ1n) is 7.15. The number of para-hydroxylation sites is 1. The van der Waals surface area contributed by atoms with Crippen molar-refractivity contribution in [2.24, 2.45) is 0 Å². The van der Waals surface area contributed by atoms with Crippen LogP contribution in [0.25, 0.3) is 10.9 Å². The molecule has 7 nitrogen and oxygen atoms in total. The Morgan fingerprint density at radius 1 is 0.958 bits per heavy atom. The highest BCUT2D eigenvalue weighted by molar-refractivity contribution is 6.02. The summed E-state index contributed by atoms with van der Waals surface area (Å²) < 4.78 is 6.57. The molecule has 0 spiro atoms. The zero-order chi connectivity index (χ0) is 16.5. The van der Waals surface area contributed by atoms with E-state index in [1.807, 2.05) is 12.1 Å². The predicted octanol–water partition coefficient (Wildman–Crippen LogP) is 2.21. The second-order valence-electron chi connectivity index (χ2n) is 5.02. The minimum absolute atomic E-state index is 0.107. The second-order valence-corrected chi connectivity index (χ2v) is 5.02. The van der Waals surface area contributed by atoms with Gasteiger partial charge < -0.3 is 14.9 Å². The number of benzene rings is 1. The van der Waals surface area contributed by atoms with E-state index in [2.05, 4.69) is 10.3 Å². The maximum absolute atomic E-state index is 11.9. The van der Waals surface area contributed by atoms with Gasteiger partial charge in [-0.25, -0.2) is 9.59 Å². The summed E-state index contributed by atoms with van der Waals surface area (Å²) in [5.41, 5.74) is 1.87. The molecule has 0 amide bonds. The van der Waals surface area contributed by atoms with Crippen LogP contribution in [0.5, 0.6) is 5.88 Å². The standard InChI is InChI=1S/C17H11N3O4/c21-14-5-6-15(22)24-20-13-4-2-1-3-12(13)16(17(20)23-14)19-11-7-9-18-10-8-11/h1-10H,(H,18,19)/b6-5-. The van der Waals surface area contributed by atoms with E-state index < -0.39 is 11.9 Å². The third kappa shape index (κ3) is 2.38. The third-order valence-electron chi connectivity index (χ3n) is 3.47. The Kier molecular flexibility index (Phi) is 3.24. The summed E-state index contributed by atoms with van der Waals surface area (Å²) in [5.74, 6) is -1.21. The Bertz CT molecular complexity index is 976. The number of esters is 1. The number of carbonyl (C=O) groups is 2. The van der Waals surface area contributed by atoms with Crippen LogP contribution in [0, 0.1) is 0 Å². The molecule has 1 N–H and O–H groups in total. The minimum Gasteiger partial charge on any atom is -0.401 e. The third-order valence-corrected chi connectivity index (χ3v) is 3.47. The van der Waals surface area contributed by atoms with Gasteiger partial charge in [-0.05, 0) is 18.2 Å². The SMILES string of the molecule is O=C1/C=C\C(=O)On2c(c(Nc3ccncc3)c3ccccc32)O1. The molecule has 0 radical (unpaired) electrons. The van der Waals surface area contributed by atoms with E-state index in [4.69, 9.17) is 9.57 Å². The van der Waals surface area contributed by atoms with E-state index in [-0.39, 0.29) is 5.88 Å². The van der Waals surface area contributed by atoms with Gasteiger partial charge in [0.2, 0.25) is 0 Å². The largest absolute Gasteiger partial charge is 0.401 e. The van der Waals surface area contributed by atoms with Crippen LogP contribution in [0.15, 0.2) is 60.9 Å². The van der Waals surface area contributed by atoms with Gasteiger partial charge in [0, 0.05) is 35.6 Å². The number of hydrogen-bond acceptors (Lipinski definition) is 6. The summed E-state index contributed by atoms with van der Waals surface area (Å²) >= 11 is 0. The Morgan fingerprint density at radius 2 is 1.71 bits per heavy atom. The van der Waals surface area contributed by atoms with E-state index in [0.717, 1.165) is 23.2 Å². The summed E-state index contributed by atoms with van der Waals surface area (Å²) in [6.07, 6.45) is 5.33. The quantitative estimate of drug-likeness (QED) is 0.729. The molecule has 1 aromatic carbocycles. The lowest BCUT2D eigenvalue weighted by Gasteiger charge is -2.12. The van der Waals surface area contributed by atoms with Crippen LogP contribution < -0.4 is 14.9 Å². The molecule has 0 aliphatic carbocycles. The molecule has 0 fully saturated rings. The fourth-order valence-corrected chi connectivity index (χ4v) is 2.46. The summed E-state index contributed by atoms with van der Waals surface area (Å²) in [6.45, 7) is 0. The molecular weight excluding hydrogens is 310 g/mol. The topological polar surface area (TPSA) is 82.5 Å². The zero-order valence-electron chi connectivity index (χ0n) is 12.3. The number of ether oxygens (including phenoxy) is 1. The van der Waals surface area contributed by atoms with Crippen molar-refractivity contribution in [1.82, 2.24) is 9.71 Å². The van der Waals surface area contributed by atoms with Crippen molar-refractivity contribution in [2.75, 3.05) is 5.32 Å². The lowest BCUT2D eigenvalue weighted by atomic mass is 10.2. The number of aromatic nitrogens is 2. The first-order valence-corrected chi connectivity index (χ1v) is 7.15. The molecule has 24 heavy (non-hydrogen) atoms. The maximum Gasteiger partial charge on any atom is 0.356 e. The van der Waals surface area contributed by atoms with Crippen LogP contribution >= 0.6 is 0 Å². The van der Waals surface area contributed by atoms with Crippen LogP contribution in [-0.4, -0.2) is 21.7 Å². The predicted molar refractivity (Wildman–Crippen MR) is 85.8 cm³/mol. The molecular formula is C17H11N3O4. The molecule has 7 heteroatoms. The Labute approximate surface area is 136 Å². The van der Waals surface area contributed by atoms with Crippen molar-refractivity contribution < 1.29 is 19.2 Å². The van der Waals surface area contributed by atoms with Gasteiger partial charge in [0.1, 0.15) is 5.69 Å². The molecule has 0 saturated heterocycles. The number of nitrogens with zero attached hydrogens (tertiary/aromatic N) is 2. The average Bonchev–Trinajstić information content (AvgIpc) is 2.86. The highest BCUT2D eigenvalue weighted by atomic mass is 16.7. The van der Waals surface area contributed by atoms with Crippen molar-refractivity contribution in [2.45, 2.75) is 0 Å². The fraction of sp³-hybridized carbons (Fsp3) is 0. The Balaban J connectivity index is 1.93. The molecule has 1 aliphatic rings. The first kappa shape index (κ1) is 14.0. The molecule has 0 saturated carbocycles. The normalized spacial score (nSPS) is 15.0. The summed E-state index contributed by atoms with van der Waals surface area (Å²) in [6, 6.07) is 10.8. The van der Waals surface area contributed by atoms with Crippen molar-refractivity contribution in [1.29, 1.82) is 0 Å². The highest BCUT2D eigenvalue weighted by Crippen LogP contribution is 2.38. The van der Waals surface area contributed by atoms with Crippen LogP contribution in [0.3, 0.4) is 0 Å². The zero-order valence-corrected chi connectivity index (χ0v) is 12.3. The highest BCUT2D eigenvalue weighted by Gasteiger charge is 2.24. The van der Waals surface area contributed by atoms with Gasteiger partial charge in [0.25, 0.3) is 5.88 Å². The van der Waals surface area contributed by atoms with Crippen LogP contribution in [-0.2, 0) is 9.59 Å². The lowest BCUT2D eigenvalue weighted by molar-refractivity contribution is -0.141. The average molecular weight is 321 g/mol. The van der Waals surface area contributed by atoms with Crippen LogP contribution in [0.1, 0.15) is 0 Å². The first-order chi connectivity index (χ1) is 11.7. The summed E-state index contributed by atoms with van der Waals surface area (Å²) in [4.78, 5) is 32.9. The minimum atomic E-state index is -0.663. The van der Waals surface area contributed by atoms with Crippen molar-refractivity contribution in [3.05, 3.63) is 60.9 Å². The molecule has 3 aromatic rings. The smallest absolute Gasteiger partial charge is 0.356 e. The summed E-state index contributed by atoms with van der Waals surface area (Å²) in [7, 11) is 0.